The van der Waals surface area contributed by atoms with E-state index in [4.69, 9.17) is 11.6 Å². The normalized spacial score (nSPS) is 11.7. The van der Waals surface area contributed by atoms with Crippen LogP contribution in [0.5, 0.6) is 0 Å². The Morgan fingerprint density at radius 1 is 1.28 bits per heavy atom. The molecule has 0 heterocycles. The number of non-ortho nitro benzene ring substituents is 1. The highest BCUT2D eigenvalue weighted by molar-refractivity contribution is 6.71. The molecule has 1 aromatic carbocycles. The Balaban J connectivity index is 3.28. The van der Waals surface area contributed by atoms with Crippen molar-refractivity contribution in [3.63, 3.8) is 0 Å². The molecule has 0 saturated heterocycles. The molecule has 0 atom stereocenters. The highest BCUT2D eigenvalue weighted by atomic mass is 35.5. The maximum absolute atomic E-state index is 11.1. The molecule has 1 aromatic rings. The first-order chi connectivity index (χ1) is 8.34. The van der Waals surface area contributed by atoms with Gasteiger partial charge in [0.15, 0.2) is 5.78 Å². The number of benzene rings is 1. The number of hydrogen-bond acceptors (Lipinski definition) is 5. The summed E-state index contributed by atoms with van der Waals surface area (Å²) >= 11 is 5.18. The summed E-state index contributed by atoms with van der Waals surface area (Å²) in [5.74, 6) is -1.29. The van der Waals surface area contributed by atoms with Crippen molar-refractivity contribution in [2.24, 2.45) is 0 Å². The van der Waals surface area contributed by atoms with Crippen molar-refractivity contribution >= 4 is 34.1 Å². The molecule has 0 aliphatic heterocycles. The third-order valence-electron chi connectivity index (χ3n) is 2.14. The first-order valence-electron chi connectivity index (χ1n) is 4.73. The smallest absolute Gasteiger partial charge is 0.269 e. The fourth-order valence-electron chi connectivity index (χ4n) is 1.28. The zero-order valence-corrected chi connectivity index (χ0v) is 9.97. The summed E-state index contributed by atoms with van der Waals surface area (Å²) in [4.78, 5) is 32.0. The molecule has 0 spiro atoms. The Labute approximate surface area is 107 Å². The molecule has 6 nitrogen and oxygen atoms in total. The highest BCUT2D eigenvalue weighted by Crippen LogP contribution is 2.21. The number of allylic oxidation sites excluding steroid dienone is 1. The highest BCUT2D eigenvalue weighted by Gasteiger charge is 2.19. The number of rotatable bonds is 4. The van der Waals surface area contributed by atoms with Gasteiger partial charge < -0.3 is 5.11 Å². The van der Waals surface area contributed by atoms with E-state index in [2.05, 4.69) is 0 Å². The SMILES string of the molecule is CC(=O)/C(C(=O)Cl)=C(\O)c1ccc([N+](=O)[O-])cc1. The van der Waals surface area contributed by atoms with Gasteiger partial charge in [0, 0.05) is 17.7 Å². The third kappa shape index (κ3) is 2.92. The first kappa shape index (κ1) is 13.9. The molecule has 0 radical (unpaired) electrons. The van der Waals surface area contributed by atoms with E-state index in [1.165, 1.54) is 12.1 Å². The summed E-state index contributed by atoms with van der Waals surface area (Å²) < 4.78 is 0. The van der Waals surface area contributed by atoms with Crippen LogP contribution in [0.1, 0.15) is 12.5 Å². The Morgan fingerprint density at radius 3 is 2.11 bits per heavy atom. The van der Waals surface area contributed by atoms with Crippen molar-refractivity contribution < 1.29 is 19.6 Å². The van der Waals surface area contributed by atoms with Crippen LogP contribution < -0.4 is 0 Å². The number of aliphatic hydroxyl groups is 1. The molecule has 0 unspecified atom stereocenters. The van der Waals surface area contributed by atoms with Crippen molar-refractivity contribution in [1.29, 1.82) is 0 Å². The minimum atomic E-state index is -1.08. The Hall–Kier alpha value is -2.21. The molecule has 7 heteroatoms. The summed E-state index contributed by atoms with van der Waals surface area (Å²) in [6.45, 7) is 1.08. The number of hydrogen-bond donors (Lipinski definition) is 1. The Morgan fingerprint density at radius 2 is 1.78 bits per heavy atom. The van der Waals surface area contributed by atoms with Crippen molar-refractivity contribution in [1.82, 2.24) is 0 Å². The topological polar surface area (TPSA) is 97.5 Å². The van der Waals surface area contributed by atoms with Gasteiger partial charge in [-0.3, -0.25) is 19.7 Å². The summed E-state index contributed by atoms with van der Waals surface area (Å²) in [6, 6.07) is 4.72. The minimum absolute atomic E-state index is 0.0970. The predicted octanol–water partition coefficient (Wildman–Crippen LogP) is 2.22. The van der Waals surface area contributed by atoms with Crippen LogP contribution in [0.3, 0.4) is 0 Å². The second-order valence-electron chi connectivity index (χ2n) is 3.36. The van der Waals surface area contributed by atoms with E-state index in [0.29, 0.717) is 0 Å². The van der Waals surface area contributed by atoms with Crippen molar-refractivity contribution in [2.45, 2.75) is 6.92 Å². The molecule has 1 rings (SSSR count). The van der Waals surface area contributed by atoms with Crippen LogP contribution in [0.2, 0.25) is 0 Å². The van der Waals surface area contributed by atoms with Gasteiger partial charge in [-0.15, -0.1) is 0 Å². The molecule has 1 N–H and O–H groups in total. The van der Waals surface area contributed by atoms with Crippen LogP contribution in [0.4, 0.5) is 5.69 Å². The van der Waals surface area contributed by atoms with E-state index in [1.807, 2.05) is 0 Å². The lowest BCUT2D eigenvalue weighted by molar-refractivity contribution is -0.384. The lowest BCUT2D eigenvalue weighted by atomic mass is 10.1. The van der Waals surface area contributed by atoms with E-state index < -0.39 is 27.3 Å². The molecule has 0 amide bonds. The summed E-state index contributed by atoms with van der Waals surface area (Å²) in [5.41, 5.74) is -0.626. The van der Waals surface area contributed by atoms with Crippen LogP contribution in [-0.4, -0.2) is 21.1 Å². The zero-order valence-electron chi connectivity index (χ0n) is 9.21. The number of nitrogens with zero attached hydrogens (tertiary/aromatic N) is 1. The van der Waals surface area contributed by atoms with Gasteiger partial charge in [-0.1, -0.05) is 0 Å². The number of halogens is 1. The summed E-state index contributed by atoms with van der Waals surface area (Å²) in [7, 11) is 0. The van der Waals surface area contributed by atoms with Crippen LogP contribution in [0.15, 0.2) is 29.8 Å². The third-order valence-corrected chi connectivity index (χ3v) is 2.33. The lowest BCUT2D eigenvalue weighted by Gasteiger charge is -2.04. The van der Waals surface area contributed by atoms with E-state index in [1.54, 1.807) is 0 Å². The molecule has 0 bridgehead atoms. The number of carbonyl (C=O) groups excluding carboxylic acids is 2. The maximum Gasteiger partial charge on any atom is 0.269 e. The number of nitro benzene ring substituents is 1. The molecule has 94 valence electrons. The number of carbonyl (C=O) groups is 2. The second-order valence-corrected chi connectivity index (χ2v) is 3.70. The number of aliphatic hydroxyl groups excluding tert-OH is 1. The molecule has 0 fully saturated rings. The van der Waals surface area contributed by atoms with E-state index in [0.717, 1.165) is 19.1 Å². The van der Waals surface area contributed by atoms with Crippen LogP contribution in [0, 0.1) is 10.1 Å². The summed E-state index contributed by atoms with van der Waals surface area (Å²) in [6.07, 6.45) is 0. The van der Waals surface area contributed by atoms with Gasteiger partial charge in [-0.2, -0.15) is 0 Å². The van der Waals surface area contributed by atoms with Gasteiger partial charge in [0.25, 0.3) is 10.9 Å². The Bertz CT molecular complexity index is 531. The predicted molar refractivity (Wildman–Crippen MR) is 64.2 cm³/mol. The van der Waals surface area contributed by atoms with E-state index in [-0.39, 0.29) is 11.3 Å². The van der Waals surface area contributed by atoms with Gasteiger partial charge in [0.05, 0.1) is 4.92 Å². The fraction of sp³-hybridized carbons (Fsp3) is 0.0909. The lowest BCUT2D eigenvalue weighted by Crippen LogP contribution is -2.07. The average Bonchev–Trinajstić information content (AvgIpc) is 2.28. The van der Waals surface area contributed by atoms with Crippen LogP contribution in [-0.2, 0) is 9.59 Å². The standard InChI is InChI=1S/C11H8ClNO5/c1-6(14)9(11(12)16)10(15)7-2-4-8(5-3-7)13(17)18/h2-5,15H,1H3/b10-9+. The van der Waals surface area contributed by atoms with Crippen LogP contribution >= 0.6 is 11.6 Å². The molecular weight excluding hydrogens is 262 g/mol. The largest absolute Gasteiger partial charge is 0.506 e. The number of ketones is 1. The second kappa shape index (κ2) is 5.42. The van der Waals surface area contributed by atoms with Gasteiger partial charge in [0.2, 0.25) is 0 Å². The molecule has 0 aliphatic carbocycles. The summed E-state index contributed by atoms with van der Waals surface area (Å²) in [5, 5.41) is 19.1. The Kier molecular flexibility index (Phi) is 4.17. The quantitative estimate of drug-likeness (QED) is 0.172. The molecule has 0 aromatic heterocycles. The monoisotopic (exact) mass is 269 g/mol. The first-order valence-corrected chi connectivity index (χ1v) is 5.11. The van der Waals surface area contributed by atoms with Gasteiger partial charge in [0.1, 0.15) is 11.3 Å². The zero-order chi connectivity index (χ0) is 13.9. The van der Waals surface area contributed by atoms with E-state index >= 15 is 0 Å². The minimum Gasteiger partial charge on any atom is -0.506 e. The van der Waals surface area contributed by atoms with Crippen molar-refractivity contribution in [3.05, 3.63) is 45.5 Å². The van der Waals surface area contributed by atoms with Gasteiger partial charge >= 0.3 is 0 Å². The van der Waals surface area contributed by atoms with Crippen LogP contribution in [0.25, 0.3) is 5.76 Å². The van der Waals surface area contributed by atoms with Crippen molar-refractivity contribution in [3.8, 4) is 0 Å². The molecular formula is C11H8ClNO5. The molecule has 0 aliphatic rings. The molecule has 0 saturated carbocycles. The van der Waals surface area contributed by atoms with Gasteiger partial charge in [-0.25, -0.2) is 0 Å². The maximum atomic E-state index is 11.1. The molecule has 18 heavy (non-hydrogen) atoms. The fourth-order valence-corrected chi connectivity index (χ4v) is 1.51. The van der Waals surface area contributed by atoms with Gasteiger partial charge in [-0.05, 0) is 30.7 Å². The van der Waals surface area contributed by atoms with E-state index in [9.17, 15) is 24.8 Å². The average molecular weight is 270 g/mol. The number of nitro groups is 1. The number of Topliss-reactive ketones (excluding diaryl/α,β-unsaturated/α-hetero) is 1. The van der Waals surface area contributed by atoms with Crippen molar-refractivity contribution in [2.75, 3.05) is 0 Å².